The maximum absolute atomic E-state index is 12.5. The number of aromatic nitrogens is 4. The van der Waals surface area contributed by atoms with Crippen LogP contribution in [-0.4, -0.2) is 32.1 Å². The van der Waals surface area contributed by atoms with Crippen LogP contribution in [0.1, 0.15) is 23.9 Å². The van der Waals surface area contributed by atoms with Crippen molar-refractivity contribution in [3.8, 4) is 11.4 Å². The number of carbonyl (C=O) groups excluding carboxylic acids is 1. The molecule has 0 radical (unpaired) electrons. The normalized spacial score (nSPS) is 12.0. The van der Waals surface area contributed by atoms with E-state index in [9.17, 15) is 4.79 Å². The van der Waals surface area contributed by atoms with Gasteiger partial charge in [-0.1, -0.05) is 5.16 Å². The Hall–Kier alpha value is -3.26. The first-order valence-corrected chi connectivity index (χ1v) is 9.88. The van der Waals surface area contributed by atoms with E-state index in [1.165, 1.54) is 0 Å². The van der Waals surface area contributed by atoms with Crippen LogP contribution in [0.5, 0.6) is 0 Å². The largest absolute Gasteiger partial charge is 0.356 e. The minimum Gasteiger partial charge on any atom is -0.356 e. The number of carbonyl (C=O) groups is 1. The van der Waals surface area contributed by atoms with Gasteiger partial charge in [-0.15, -0.1) is 0 Å². The fraction of sp³-hybridized carbons (Fsp3) is 0.200. The van der Waals surface area contributed by atoms with Crippen molar-refractivity contribution in [2.45, 2.75) is 18.9 Å². The van der Waals surface area contributed by atoms with E-state index in [2.05, 4.69) is 36.5 Å². The fourth-order valence-corrected chi connectivity index (χ4v) is 3.65. The first-order chi connectivity index (χ1) is 13.8. The number of hydrogen-bond acceptors (Lipinski definition) is 6. The highest BCUT2D eigenvalue weighted by Crippen LogP contribution is 2.24. The van der Waals surface area contributed by atoms with Gasteiger partial charge in [0.05, 0.1) is 12.5 Å². The minimum atomic E-state index is -0.0150. The van der Waals surface area contributed by atoms with E-state index in [1.807, 2.05) is 42.0 Å². The highest BCUT2D eigenvalue weighted by atomic mass is 32.1. The van der Waals surface area contributed by atoms with Crippen LogP contribution in [0, 0.1) is 0 Å². The Kier molecular flexibility index (Phi) is 5.58. The van der Waals surface area contributed by atoms with Crippen molar-refractivity contribution in [3.63, 3.8) is 0 Å². The summed E-state index contributed by atoms with van der Waals surface area (Å²) in [6.07, 6.45) is 8.18. The summed E-state index contributed by atoms with van der Waals surface area (Å²) < 4.78 is 7.32. The first kappa shape index (κ1) is 18.1. The van der Waals surface area contributed by atoms with Crippen molar-refractivity contribution in [3.05, 3.63) is 77.3 Å². The first-order valence-electron chi connectivity index (χ1n) is 8.94. The lowest BCUT2D eigenvalue weighted by Crippen LogP contribution is -2.28. The van der Waals surface area contributed by atoms with Crippen molar-refractivity contribution in [2.75, 3.05) is 6.54 Å². The van der Waals surface area contributed by atoms with E-state index in [0.29, 0.717) is 31.1 Å². The molecule has 1 unspecified atom stereocenters. The maximum atomic E-state index is 12.5. The molecule has 7 nitrogen and oxygen atoms in total. The van der Waals surface area contributed by atoms with Crippen LogP contribution in [0.25, 0.3) is 11.4 Å². The van der Waals surface area contributed by atoms with Crippen molar-refractivity contribution in [1.82, 2.24) is 25.0 Å². The SMILES string of the molecule is O=C(CC(c1ccsc1)n1cccc1)NCCc1nc(-c2ccncc2)no1. The smallest absolute Gasteiger partial charge is 0.228 e. The quantitative estimate of drug-likeness (QED) is 0.496. The Morgan fingerprint density at radius 3 is 2.79 bits per heavy atom. The third-order valence-electron chi connectivity index (χ3n) is 4.36. The summed E-state index contributed by atoms with van der Waals surface area (Å²) in [6, 6.07) is 9.62. The molecule has 142 valence electrons. The molecule has 0 aliphatic heterocycles. The van der Waals surface area contributed by atoms with Gasteiger partial charge in [-0.25, -0.2) is 0 Å². The van der Waals surface area contributed by atoms with Crippen LogP contribution in [-0.2, 0) is 11.2 Å². The zero-order valence-corrected chi connectivity index (χ0v) is 15.9. The highest BCUT2D eigenvalue weighted by molar-refractivity contribution is 7.08. The van der Waals surface area contributed by atoms with Gasteiger partial charge in [0.15, 0.2) is 0 Å². The number of hydrogen-bond donors (Lipinski definition) is 1. The van der Waals surface area contributed by atoms with Gasteiger partial charge in [0.1, 0.15) is 0 Å². The molecule has 0 bridgehead atoms. The molecule has 4 aromatic rings. The van der Waals surface area contributed by atoms with Crippen LogP contribution >= 0.6 is 11.3 Å². The van der Waals surface area contributed by atoms with Crippen molar-refractivity contribution >= 4 is 17.2 Å². The molecule has 0 saturated carbocycles. The van der Waals surface area contributed by atoms with E-state index < -0.39 is 0 Å². The second-order valence-corrected chi connectivity index (χ2v) is 7.03. The predicted molar refractivity (Wildman–Crippen MR) is 106 cm³/mol. The van der Waals surface area contributed by atoms with Gasteiger partial charge in [-0.3, -0.25) is 9.78 Å². The number of pyridine rings is 1. The summed E-state index contributed by atoms with van der Waals surface area (Å²) in [5.41, 5.74) is 1.98. The molecule has 0 aromatic carbocycles. The van der Waals surface area contributed by atoms with Crippen LogP contribution < -0.4 is 5.32 Å². The molecule has 1 amide bonds. The Bertz CT molecular complexity index is 962. The summed E-state index contributed by atoms with van der Waals surface area (Å²) in [5.74, 6) is 1.000. The fourth-order valence-electron chi connectivity index (χ4n) is 2.95. The van der Waals surface area contributed by atoms with Gasteiger partial charge in [0, 0.05) is 43.3 Å². The lowest BCUT2D eigenvalue weighted by atomic mass is 10.1. The Morgan fingerprint density at radius 1 is 1.21 bits per heavy atom. The van der Waals surface area contributed by atoms with Crippen LogP contribution in [0.4, 0.5) is 0 Å². The van der Waals surface area contributed by atoms with E-state index in [1.54, 1.807) is 23.7 Å². The molecule has 1 N–H and O–H groups in total. The summed E-state index contributed by atoms with van der Waals surface area (Å²) in [7, 11) is 0. The third kappa shape index (κ3) is 4.34. The molecule has 4 rings (SSSR count). The molecule has 4 aromatic heterocycles. The average Bonchev–Trinajstić information content (AvgIpc) is 3.49. The molecule has 28 heavy (non-hydrogen) atoms. The third-order valence-corrected chi connectivity index (χ3v) is 5.06. The number of thiophene rings is 1. The monoisotopic (exact) mass is 393 g/mol. The van der Waals surface area contributed by atoms with Crippen LogP contribution in [0.15, 0.2) is 70.4 Å². The lowest BCUT2D eigenvalue weighted by Gasteiger charge is -2.17. The molecule has 0 spiro atoms. The summed E-state index contributed by atoms with van der Waals surface area (Å²) >= 11 is 1.63. The predicted octanol–water partition coefficient (Wildman–Crippen LogP) is 3.33. The molecule has 8 heteroatoms. The van der Waals surface area contributed by atoms with Gasteiger partial charge in [-0.2, -0.15) is 16.3 Å². The second kappa shape index (κ2) is 8.62. The van der Waals surface area contributed by atoms with Gasteiger partial charge < -0.3 is 14.4 Å². The molecule has 1 atom stereocenters. The molecule has 0 aliphatic rings. The van der Waals surface area contributed by atoms with E-state index in [4.69, 9.17) is 4.52 Å². The minimum absolute atomic E-state index is 0.0112. The van der Waals surface area contributed by atoms with E-state index in [-0.39, 0.29) is 11.9 Å². The zero-order chi connectivity index (χ0) is 19.2. The van der Waals surface area contributed by atoms with Crippen molar-refractivity contribution < 1.29 is 9.32 Å². The molecule has 0 saturated heterocycles. The summed E-state index contributed by atoms with van der Waals surface area (Å²) in [6.45, 7) is 0.443. The molecular weight excluding hydrogens is 374 g/mol. The standard InChI is InChI=1S/C20H19N5O2S/c26-18(13-17(16-6-12-28-14-16)25-10-1-2-11-25)22-9-5-19-23-20(24-27-19)15-3-7-21-8-4-15/h1-4,6-8,10-12,14,17H,5,9,13H2,(H,22,26). The van der Waals surface area contributed by atoms with Crippen LogP contribution in [0.2, 0.25) is 0 Å². The molecule has 0 fully saturated rings. The summed E-state index contributed by atoms with van der Waals surface area (Å²) in [5, 5.41) is 11.0. The van der Waals surface area contributed by atoms with Crippen molar-refractivity contribution in [2.24, 2.45) is 0 Å². The molecular formula is C20H19N5O2S. The Balaban J connectivity index is 1.31. The molecule has 4 heterocycles. The van der Waals surface area contributed by atoms with Gasteiger partial charge in [0.25, 0.3) is 0 Å². The van der Waals surface area contributed by atoms with Gasteiger partial charge in [0.2, 0.25) is 17.6 Å². The van der Waals surface area contributed by atoms with E-state index >= 15 is 0 Å². The summed E-state index contributed by atoms with van der Waals surface area (Å²) in [4.78, 5) is 20.8. The number of nitrogens with one attached hydrogen (secondary N) is 1. The molecule has 0 aliphatic carbocycles. The average molecular weight is 393 g/mol. The number of rotatable bonds is 8. The Morgan fingerprint density at radius 2 is 2.04 bits per heavy atom. The number of nitrogens with zero attached hydrogens (tertiary/aromatic N) is 4. The topological polar surface area (TPSA) is 85.8 Å². The second-order valence-electron chi connectivity index (χ2n) is 6.25. The van der Waals surface area contributed by atoms with Gasteiger partial charge >= 0.3 is 0 Å². The van der Waals surface area contributed by atoms with Gasteiger partial charge in [-0.05, 0) is 46.7 Å². The zero-order valence-electron chi connectivity index (χ0n) is 15.1. The van der Waals surface area contributed by atoms with Crippen molar-refractivity contribution in [1.29, 1.82) is 0 Å². The van der Waals surface area contributed by atoms with E-state index in [0.717, 1.165) is 11.1 Å². The Labute approximate surface area is 166 Å². The lowest BCUT2D eigenvalue weighted by molar-refractivity contribution is -0.121. The van der Waals surface area contributed by atoms with Crippen LogP contribution in [0.3, 0.4) is 0 Å². The number of amides is 1. The maximum Gasteiger partial charge on any atom is 0.228 e. The highest BCUT2D eigenvalue weighted by Gasteiger charge is 2.18.